The molecule has 74 valence electrons. The van der Waals surface area contributed by atoms with Crippen LogP contribution in [-0.2, 0) is 0 Å². The van der Waals surface area contributed by atoms with Gasteiger partial charge in [0.25, 0.3) is 0 Å². The average Bonchev–Trinajstić information content (AvgIpc) is 2.92. The molecule has 0 bridgehead atoms. The number of carbonyl (C=O) groups excluding carboxylic acids is 1. The van der Waals surface area contributed by atoms with Crippen LogP contribution in [-0.4, -0.2) is 11.8 Å². The third-order valence-corrected chi connectivity index (χ3v) is 2.40. The molecule has 0 radical (unpaired) electrons. The molecule has 3 nitrogen and oxygen atoms in total. The molecule has 0 unspecified atom stereocenters. The average molecular weight is 190 g/mol. The van der Waals surface area contributed by atoms with Gasteiger partial charge in [0.15, 0.2) is 5.78 Å². The van der Waals surface area contributed by atoms with E-state index in [1.54, 1.807) is 13.0 Å². The van der Waals surface area contributed by atoms with Gasteiger partial charge in [0.2, 0.25) is 0 Å². The molecule has 0 atom stereocenters. The van der Waals surface area contributed by atoms with Gasteiger partial charge >= 0.3 is 0 Å². The van der Waals surface area contributed by atoms with Crippen LogP contribution in [0.25, 0.3) is 0 Å². The van der Waals surface area contributed by atoms with Crippen LogP contribution in [0.3, 0.4) is 0 Å². The van der Waals surface area contributed by atoms with Crippen molar-refractivity contribution < 1.29 is 4.79 Å². The van der Waals surface area contributed by atoms with Gasteiger partial charge < -0.3 is 11.1 Å². The quantitative estimate of drug-likeness (QED) is 0.566. The third-order valence-electron chi connectivity index (χ3n) is 2.40. The van der Waals surface area contributed by atoms with Crippen molar-refractivity contribution in [3.8, 4) is 0 Å². The van der Waals surface area contributed by atoms with Gasteiger partial charge in [-0.25, -0.2) is 0 Å². The van der Waals surface area contributed by atoms with Crippen molar-refractivity contribution in [1.29, 1.82) is 0 Å². The summed E-state index contributed by atoms with van der Waals surface area (Å²) in [5.74, 6) is 0.0506. The Bertz CT molecular complexity index is 370. The molecular formula is C11H14N2O. The molecule has 3 heteroatoms. The third kappa shape index (κ3) is 1.87. The SMILES string of the molecule is CC(=O)c1ccc(NC2CC2)c(N)c1. The minimum absolute atomic E-state index is 0.0506. The Balaban J connectivity index is 2.21. The van der Waals surface area contributed by atoms with E-state index in [0.29, 0.717) is 17.3 Å². The second-order valence-electron chi connectivity index (χ2n) is 3.78. The number of hydrogen-bond donors (Lipinski definition) is 2. The van der Waals surface area contributed by atoms with Gasteiger partial charge in [0.05, 0.1) is 11.4 Å². The maximum Gasteiger partial charge on any atom is 0.159 e. The fraction of sp³-hybridized carbons (Fsp3) is 0.364. The number of carbonyl (C=O) groups is 1. The number of rotatable bonds is 3. The smallest absolute Gasteiger partial charge is 0.159 e. The summed E-state index contributed by atoms with van der Waals surface area (Å²) in [4.78, 5) is 11.1. The van der Waals surface area contributed by atoms with E-state index in [2.05, 4.69) is 5.32 Å². The predicted octanol–water partition coefficient (Wildman–Crippen LogP) is 2.05. The molecule has 0 spiro atoms. The molecule has 1 fully saturated rings. The lowest BCUT2D eigenvalue weighted by molar-refractivity contribution is 0.101. The number of Topliss-reactive ketones (excluding diaryl/α,β-unsaturated/α-hetero) is 1. The minimum Gasteiger partial charge on any atom is -0.397 e. The van der Waals surface area contributed by atoms with Gasteiger partial charge in [-0.15, -0.1) is 0 Å². The van der Waals surface area contributed by atoms with Crippen LogP contribution in [0, 0.1) is 0 Å². The van der Waals surface area contributed by atoms with Crippen molar-refractivity contribution in [2.75, 3.05) is 11.1 Å². The van der Waals surface area contributed by atoms with E-state index < -0.39 is 0 Å². The number of benzene rings is 1. The Hall–Kier alpha value is -1.51. The number of hydrogen-bond acceptors (Lipinski definition) is 3. The number of anilines is 2. The topological polar surface area (TPSA) is 55.1 Å². The van der Waals surface area contributed by atoms with Gasteiger partial charge in [-0.05, 0) is 38.0 Å². The molecular weight excluding hydrogens is 176 g/mol. The summed E-state index contributed by atoms with van der Waals surface area (Å²) in [6.45, 7) is 1.54. The van der Waals surface area contributed by atoms with Crippen molar-refractivity contribution in [2.24, 2.45) is 0 Å². The van der Waals surface area contributed by atoms with Crippen LogP contribution in [0.2, 0.25) is 0 Å². The second-order valence-corrected chi connectivity index (χ2v) is 3.78. The number of nitrogens with one attached hydrogen (secondary N) is 1. The maximum atomic E-state index is 11.1. The molecule has 3 N–H and O–H groups in total. The first kappa shape index (κ1) is 9.06. The van der Waals surface area contributed by atoms with E-state index in [1.807, 2.05) is 12.1 Å². The highest BCUT2D eigenvalue weighted by Gasteiger charge is 2.21. The first-order chi connectivity index (χ1) is 6.66. The molecule has 1 aromatic carbocycles. The standard InChI is InChI=1S/C11H14N2O/c1-7(14)8-2-5-11(10(12)6-8)13-9-3-4-9/h2,5-6,9,13H,3-4,12H2,1H3. The molecule has 2 rings (SSSR count). The van der Waals surface area contributed by atoms with Crippen molar-refractivity contribution in [3.05, 3.63) is 23.8 Å². The zero-order chi connectivity index (χ0) is 10.1. The molecule has 0 aromatic heterocycles. The molecule has 1 aromatic rings. The number of ketones is 1. The second kappa shape index (κ2) is 3.33. The Morgan fingerprint density at radius 1 is 1.50 bits per heavy atom. The van der Waals surface area contributed by atoms with E-state index in [0.717, 1.165) is 5.69 Å². The summed E-state index contributed by atoms with van der Waals surface area (Å²) in [5, 5.41) is 3.31. The molecule has 14 heavy (non-hydrogen) atoms. The summed E-state index contributed by atoms with van der Waals surface area (Å²) in [6.07, 6.45) is 2.43. The molecule has 1 saturated carbocycles. The largest absolute Gasteiger partial charge is 0.397 e. The van der Waals surface area contributed by atoms with Crippen molar-refractivity contribution in [2.45, 2.75) is 25.8 Å². The zero-order valence-corrected chi connectivity index (χ0v) is 8.21. The summed E-state index contributed by atoms with van der Waals surface area (Å²) >= 11 is 0. The van der Waals surface area contributed by atoms with Crippen molar-refractivity contribution >= 4 is 17.2 Å². The number of nitrogens with two attached hydrogens (primary N) is 1. The van der Waals surface area contributed by atoms with Gasteiger partial charge in [-0.2, -0.15) is 0 Å². The first-order valence-electron chi connectivity index (χ1n) is 4.84. The fourth-order valence-electron chi connectivity index (χ4n) is 1.36. The minimum atomic E-state index is 0.0506. The fourth-order valence-corrected chi connectivity index (χ4v) is 1.36. The molecule has 0 amide bonds. The first-order valence-corrected chi connectivity index (χ1v) is 4.84. The predicted molar refractivity (Wildman–Crippen MR) is 57.5 cm³/mol. The Morgan fingerprint density at radius 3 is 2.71 bits per heavy atom. The van der Waals surface area contributed by atoms with Crippen LogP contribution < -0.4 is 11.1 Å². The van der Waals surface area contributed by atoms with E-state index in [1.165, 1.54) is 12.8 Å². The van der Waals surface area contributed by atoms with Crippen LogP contribution in [0.5, 0.6) is 0 Å². The molecule has 0 heterocycles. The summed E-state index contributed by atoms with van der Waals surface area (Å²) in [7, 11) is 0. The summed E-state index contributed by atoms with van der Waals surface area (Å²) in [6, 6.07) is 6.00. The highest BCUT2D eigenvalue weighted by Crippen LogP contribution is 2.28. The lowest BCUT2D eigenvalue weighted by atomic mass is 10.1. The van der Waals surface area contributed by atoms with Gasteiger partial charge in [-0.1, -0.05) is 0 Å². The van der Waals surface area contributed by atoms with E-state index in [4.69, 9.17) is 5.73 Å². The van der Waals surface area contributed by atoms with Crippen molar-refractivity contribution in [1.82, 2.24) is 0 Å². The molecule has 0 saturated heterocycles. The Morgan fingerprint density at radius 2 is 2.21 bits per heavy atom. The van der Waals surface area contributed by atoms with Gasteiger partial charge in [0.1, 0.15) is 0 Å². The zero-order valence-electron chi connectivity index (χ0n) is 8.21. The van der Waals surface area contributed by atoms with Gasteiger partial charge in [0, 0.05) is 11.6 Å². The molecule has 1 aliphatic carbocycles. The highest BCUT2D eigenvalue weighted by atomic mass is 16.1. The Kier molecular flexibility index (Phi) is 2.15. The van der Waals surface area contributed by atoms with E-state index in [9.17, 15) is 4.79 Å². The van der Waals surface area contributed by atoms with Crippen molar-refractivity contribution in [3.63, 3.8) is 0 Å². The van der Waals surface area contributed by atoms with Crippen LogP contribution in [0.4, 0.5) is 11.4 Å². The van der Waals surface area contributed by atoms with Crippen LogP contribution in [0.15, 0.2) is 18.2 Å². The number of nitrogen functional groups attached to an aromatic ring is 1. The van der Waals surface area contributed by atoms with Crippen LogP contribution >= 0.6 is 0 Å². The van der Waals surface area contributed by atoms with E-state index in [-0.39, 0.29) is 5.78 Å². The summed E-state index contributed by atoms with van der Waals surface area (Å²) < 4.78 is 0. The lowest BCUT2D eigenvalue weighted by Gasteiger charge is -2.08. The molecule has 0 aliphatic heterocycles. The molecule has 1 aliphatic rings. The van der Waals surface area contributed by atoms with Crippen LogP contribution in [0.1, 0.15) is 30.1 Å². The summed E-state index contributed by atoms with van der Waals surface area (Å²) in [5.41, 5.74) is 8.09. The maximum absolute atomic E-state index is 11.1. The van der Waals surface area contributed by atoms with Gasteiger partial charge in [-0.3, -0.25) is 4.79 Å². The Labute approximate surface area is 83.3 Å². The highest BCUT2D eigenvalue weighted by molar-refractivity contribution is 5.96. The van der Waals surface area contributed by atoms with E-state index >= 15 is 0 Å². The normalized spacial score (nSPS) is 15.2. The lowest BCUT2D eigenvalue weighted by Crippen LogP contribution is -2.05. The monoisotopic (exact) mass is 190 g/mol.